The summed E-state index contributed by atoms with van der Waals surface area (Å²) in [7, 11) is 0. The fraction of sp³-hybridized carbons (Fsp3) is 0.385. The van der Waals surface area contributed by atoms with E-state index in [2.05, 4.69) is 21.2 Å². The molecule has 0 aliphatic rings. The average Bonchev–Trinajstić information content (AvgIpc) is 2.31. The van der Waals surface area contributed by atoms with Gasteiger partial charge in [0, 0.05) is 10.4 Å². The molecular formula is C13H16BrNO3. The topological polar surface area (TPSA) is 66.4 Å². The third-order valence-electron chi connectivity index (χ3n) is 2.66. The van der Waals surface area contributed by atoms with Crippen molar-refractivity contribution in [3.8, 4) is 0 Å². The van der Waals surface area contributed by atoms with Gasteiger partial charge in [0.25, 0.3) is 0 Å². The lowest BCUT2D eigenvalue weighted by molar-refractivity contribution is -0.119. The van der Waals surface area contributed by atoms with Crippen molar-refractivity contribution in [2.24, 2.45) is 5.92 Å². The highest BCUT2D eigenvalue weighted by Crippen LogP contribution is 2.27. The zero-order valence-electron chi connectivity index (χ0n) is 10.4. The Kier molecular flexibility index (Phi) is 5.34. The molecule has 0 saturated heterocycles. The van der Waals surface area contributed by atoms with Crippen LogP contribution in [0.1, 0.15) is 37.0 Å². The summed E-state index contributed by atoms with van der Waals surface area (Å²) >= 11 is 3.25. The van der Waals surface area contributed by atoms with Crippen LogP contribution in [-0.4, -0.2) is 17.0 Å². The summed E-state index contributed by atoms with van der Waals surface area (Å²) in [6, 6.07) is 4.79. The van der Waals surface area contributed by atoms with E-state index in [4.69, 9.17) is 5.11 Å². The lowest BCUT2D eigenvalue weighted by atomic mass is 10.0. The first-order valence-electron chi connectivity index (χ1n) is 5.80. The molecule has 1 unspecified atom stereocenters. The maximum absolute atomic E-state index is 11.9. The van der Waals surface area contributed by atoms with Crippen molar-refractivity contribution >= 4 is 33.5 Å². The van der Waals surface area contributed by atoms with Gasteiger partial charge in [0.05, 0.1) is 11.3 Å². The molecule has 1 amide bonds. The van der Waals surface area contributed by atoms with Gasteiger partial charge in [0.2, 0.25) is 5.91 Å². The number of aromatic carboxylic acids is 1. The molecule has 0 heterocycles. The summed E-state index contributed by atoms with van der Waals surface area (Å²) in [5.74, 6) is -1.36. The summed E-state index contributed by atoms with van der Waals surface area (Å²) in [4.78, 5) is 23.0. The van der Waals surface area contributed by atoms with Crippen LogP contribution in [0.25, 0.3) is 0 Å². The number of nitrogens with one attached hydrogen (secondary N) is 1. The van der Waals surface area contributed by atoms with Crippen LogP contribution in [0, 0.1) is 5.92 Å². The third kappa shape index (κ3) is 3.57. The second-order valence-electron chi connectivity index (χ2n) is 4.15. The van der Waals surface area contributed by atoms with Crippen LogP contribution in [0.4, 0.5) is 5.69 Å². The molecule has 0 aromatic heterocycles. The molecule has 2 N–H and O–H groups in total. The van der Waals surface area contributed by atoms with E-state index in [-0.39, 0.29) is 17.4 Å². The first kappa shape index (κ1) is 14.7. The van der Waals surface area contributed by atoms with Gasteiger partial charge in [0.1, 0.15) is 0 Å². The monoisotopic (exact) mass is 313 g/mol. The number of carboxylic acid groups (broad SMARTS) is 1. The van der Waals surface area contributed by atoms with E-state index in [1.54, 1.807) is 12.1 Å². The minimum absolute atomic E-state index is 0.0847. The van der Waals surface area contributed by atoms with Crippen LogP contribution >= 0.6 is 15.9 Å². The number of carbonyl (C=O) groups excluding carboxylic acids is 1. The Balaban J connectivity index is 2.96. The van der Waals surface area contributed by atoms with Crippen LogP contribution in [0.15, 0.2) is 22.7 Å². The molecule has 5 heteroatoms. The van der Waals surface area contributed by atoms with E-state index >= 15 is 0 Å². The molecule has 0 radical (unpaired) electrons. The molecule has 1 rings (SSSR count). The molecule has 4 nitrogen and oxygen atoms in total. The van der Waals surface area contributed by atoms with Gasteiger partial charge in [-0.3, -0.25) is 4.79 Å². The molecule has 18 heavy (non-hydrogen) atoms. The number of anilines is 1. The molecule has 0 saturated carbocycles. The lowest BCUT2D eigenvalue weighted by Crippen LogP contribution is -2.22. The van der Waals surface area contributed by atoms with Crippen molar-refractivity contribution in [3.63, 3.8) is 0 Å². The molecule has 1 atom stereocenters. The first-order chi connectivity index (χ1) is 8.47. The Morgan fingerprint density at radius 2 is 2.11 bits per heavy atom. The average molecular weight is 314 g/mol. The standard InChI is InChI=1S/C13H16BrNO3/c1-3-5-8(2)12(16)15-11-9(13(17)18)6-4-7-10(11)14/h4,6-8H,3,5H2,1-2H3,(H,15,16)(H,17,18). The third-order valence-corrected chi connectivity index (χ3v) is 3.32. The van der Waals surface area contributed by atoms with E-state index in [1.165, 1.54) is 6.07 Å². The number of rotatable bonds is 5. The highest BCUT2D eigenvalue weighted by atomic mass is 79.9. The number of amides is 1. The number of benzene rings is 1. The van der Waals surface area contributed by atoms with Crippen molar-refractivity contribution < 1.29 is 14.7 Å². The second kappa shape index (κ2) is 6.54. The highest BCUT2D eigenvalue weighted by Gasteiger charge is 2.18. The van der Waals surface area contributed by atoms with Crippen molar-refractivity contribution in [1.29, 1.82) is 0 Å². The number of para-hydroxylation sites is 1. The van der Waals surface area contributed by atoms with Gasteiger partial charge in [-0.1, -0.05) is 26.3 Å². The number of carbonyl (C=O) groups is 2. The molecule has 0 aliphatic carbocycles. The summed E-state index contributed by atoms with van der Waals surface area (Å²) in [6.45, 7) is 3.83. The number of hydrogen-bond acceptors (Lipinski definition) is 2. The predicted molar refractivity (Wildman–Crippen MR) is 73.8 cm³/mol. The van der Waals surface area contributed by atoms with E-state index in [0.717, 1.165) is 12.8 Å². The van der Waals surface area contributed by atoms with Crippen molar-refractivity contribution in [1.82, 2.24) is 0 Å². The van der Waals surface area contributed by atoms with Gasteiger partial charge in [-0.2, -0.15) is 0 Å². The smallest absolute Gasteiger partial charge is 0.337 e. The number of halogens is 1. The molecule has 1 aromatic carbocycles. The van der Waals surface area contributed by atoms with Crippen molar-refractivity contribution in [3.05, 3.63) is 28.2 Å². The summed E-state index contributed by atoms with van der Waals surface area (Å²) < 4.78 is 0.569. The largest absolute Gasteiger partial charge is 0.478 e. The fourth-order valence-corrected chi connectivity index (χ4v) is 2.11. The Labute approximate surface area is 115 Å². The molecule has 0 aliphatic heterocycles. The van der Waals surface area contributed by atoms with Crippen LogP contribution in [0.2, 0.25) is 0 Å². The van der Waals surface area contributed by atoms with Gasteiger partial charge in [-0.05, 0) is 34.5 Å². The maximum atomic E-state index is 11.9. The summed E-state index contributed by atoms with van der Waals surface area (Å²) in [6.07, 6.45) is 1.69. The lowest BCUT2D eigenvalue weighted by Gasteiger charge is -2.14. The predicted octanol–water partition coefficient (Wildman–Crippen LogP) is 3.52. The Bertz CT molecular complexity index is 460. The quantitative estimate of drug-likeness (QED) is 0.874. The Morgan fingerprint density at radius 1 is 1.44 bits per heavy atom. The van der Waals surface area contributed by atoms with E-state index < -0.39 is 5.97 Å². The number of carboxylic acids is 1. The van der Waals surface area contributed by atoms with Crippen molar-refractivity contribution in [2.75, 3.05) is 5.32 Å². The van der Waals surface area contributed by atoms with Crippen molar-refractivity contribution in [2.45, 2.75) is 26.7 Å². The van der Waals surface area contributed by atoms with Gasteiger partial charge in [-0.15, -0.1) is 0 Å². The first-order valence-corrected chi connectivity index (χ1v) is 6.59. The molecule has 98 valence electrons. The normalized spacial score (nSPS) is 11.9. The zero-order valence-corrected chi connectivity index (χ0v) is 12.0. The number of hydrogen-bond donors (Lipinski definition) is 2. The van der Waals surface area contributed by atoms with Crippen LogP contribution in [0.5, 0.6) is 0 Å². The molecule has 0 fully saturated rings. The molecule has 0 bridgehead atoms. The summed E-state index contributed by atoms with van der Waals surface area (Å²) in [5.41, 5.74) is 0.402. The SMILES string of the molecule is CCCC(C)C(=O)Nc1c(Br)cccc1C(=O)O. The second-order valence-corrected chi connectivity index (χ2v) is 5.00. The van der Waals surface area contributed by atoms with Crippen LogP contribution in [0.3, 0.4) is 0 Å². The highest BCUT2D eigenvalue weighted by molar-refractivity contribution is 9.10. The van der Waals surface area contributed by atoms with E-state index in [1.807, 2.05) is 13.8 Å². The van der Waals surface area contributed by atoms with Gasteiger partial charge >= 0.3 is 5.97 Å². The molecule has 1 aromatic rings. The van der Waals surface area contributed by atoms with E-state index in [9.17, 15) is 9.59 Å². The molecule has 0 spiro atoms. The summed E-state index contributed by atoms with van der Waals surface area (Å²) in [5, 5.41) is 11.8. The van der Waals surface area contributed by atoms with Gasteiger partial charge in [-0.25, -0.2) is 4.79 Å². The Morgan fingerprint density at radius 3 is 2.67 bits per heavy atom. The Hall–Kier alpha value is -1.36. The minimum Gasteiger partial charge on any atom is -0.478 e. The zero-order chi connectivity index (χ0) is 13.7. The van der Waals surface area contributed by atoms with Crippen LogP contribution < -0.4 is 5.32 Å². The van der Waals surface area contributed by atoms with Gasteiger partial charge < -0.3 is 10.4 Å². The molecular weight excluding hydrogens is 298 g/mol. The van der Waals surface area contributed by atoms with Gasteiger partial charge in [0.15, 0.2) is 0 Å². The van der Waals surface area contributed by atoms with Crippen LogP contribution in [-0.2, 0) is 4.79 Å². The van der Waals surface area contributed by atoms with E-state index in [0.29, 0.717) is 10.2 Å². The fourth-order valence-electron chi connectivity index (χ4n) is 1.64. The maximum Gasteiger partial charge on any atom is 0.337 e. The minimum atomic E-state index is -1.06.